The Morgan fingerprint density at radius 3 is 2.62 bits per heavy atom. The number of amides is 1. The number of hydrogen-bond acceptors (Lipinski definition) is 7. The lowest BCUT2D eigenvalue weighted by atomic mass is 9.72. The van der Waals surface area contributed by atoms with Gasteiger partial charge in [-0.1, -0.05) is 6.92 Å². The van der Waals surface area contributed by atoms with Crippen molar-refractivity contribution in [3.8, 4) is 0 Å². The topological polar surface area (TPSA) is 122 Å². The Balaban J connectivity index is 1.41. The summed E-state index contributed by atoms with van der Waals surface area (Å²) in [5, 5.41) is 36.4. The first-order chi connectivity index (χ1) is 13.8. The summed E-state index contributed by atoms with van der Waals surface area (Å²) in [5.41, 5.74) is 0.0557. The van der Waals surface area contributed by atoms with Crippen LogP contribution in [0.1, 0.15) is 33.1 Å². The molecule has 0 aromatic carbocycles. The molecule has 9 atom stereocenters. The van der Waals surface area contributed by atoms with Crippen LogP contribution in [0.5, 0.6) is 0 Å². The molecule has 3 fully saturated rings. The first-order valence-electron chi connectivity index (χ1n) is 10.5. The lowest BCUT2D eigenvalue weighted by Crippen LogP contribution is -2.69. The Labute approximate surface area is 175 Å². The molecule has 1 amide bonds. The van der Waals surface area contributed by atoms with Crippen molar-refractivity contribution in [2.24, 2.45) is 17.8 Å². The van der Waals surface area contributed by atoms with Gasteiger partial charge < -0.3 is 25.5 Å². The zero-order valence-corrected chi connectivity index (χ0v) is 17.6. The SMILES string of the molecule is CC(O)C1C(=O)N2C(C(=O)O)=CC(S[C@H]3CCC(C4CNC(O)C4)NC3)[C@H](C)[C@H]12. The summed E-state index contributed by atoms with van der Waals surface area (Å²) in [5.74, 6) is -1.37. The lowest BCUT2D eigenvalue weighted by Gasteiger charge is -2.55. The molecule has 162 valence electrons. The number of rotatable bonds is 5. The van der Waals surface area contributed by atoms with Crippen LogP contribution in [-0.2, 0) is 9.59 Å². The van der Waals surface area contributed by atoms with E-state index in [1.165, 1.54) is 4.90 Å². The van der Waals surface area contributed by atoms with Crippen LogP contribution in [0.2, 0.25) is 0 Å². The maximum absolute atomic E-state index is 12.4. The molecule has 6 unspecified atom stereocenters. The standard InChI is InChI=1S/C20H31N3O5S/c1-9-15(6-14(20(27)28)23-18(9)17(10(2)24)19(23)26)29-12-3-4-13(21-8-12)11-5-16(25)22-7-11/h6,9-13,15-18,21-22,24-25H,3-5,7-8H2,1-2H3,(H,27,28)/t9-,10?,11?,12-,13?,15?,16?,17?,18+/m0/s1. The van der Waals surface area contributed by atoms with Gasteiger partial charge in [0.05, 0.1) is 18.1 Å². The van der Waals surface area contributed by atoms with E-state index in [-0.39, 0.29) is 28.8 Å². The van der Waals surface area contributed by atoms with Gasteiger partial charge in [-0.05, 0) is 44.1 Å². The molecule has 4 aliphatic heterocycles. The number of piperidine rings is 1. The van der Waals surface area contributed by atoms with Crippen molar-refractivity contribution in [2.75, 3.05) is 13.1 Å². The number of carboxylic acids is 1. The van der Waals surface area contributed by atoms with Gasteiger partial charge in [0, 0.05) is 29.6 Å². The molecule has 4 heterocycles. The van der Waals surface area contributed by atoms with E-state index in [2.05, 4.69) is 17.6 Å². The third kappa shape index (κ3) is 3.83. The molecule has 4 aliphatic rings. The molecular formula is C20H31N3O5S. The van der Waals surface area contributed by atoms with Gasteiger partial charge in [0.25, 0.3) is 0 Å². The monoisotopic (exact) mass is 425 g/mol. The molecule has 0 aromatic heterocycles. The van der Waals surface area contributed by atoms with Gasteiger partial charge in [-0.2, -0.15) is 0 Å². The zero-order valence-electron chi connectivity index (χ0n) is 16.8. The maximum atomic E-state index is 12.4. The molecule has 0 bridgehead atoms. The normalized spacial score (nSPS) is 43.4. The molecular weight excluding hydrogens is 394 g/mol. The van der Waals surface area contributed by atoms with Crippen molar-refractivity contribution in [3.63, 3.8) is 0 Å². The van der Waals surface area contributed by atoms with Crippen LogP contribution in [-0.4, -0.2) is 80.1 Å². The number of carbonyl (C=O) groups is 2. The van der Waals surface area contributed by atoms with Gasteiger partial charge in [0.2, 0.25) is 5.91 Å². The highest BCUT2D eigenvalue weighted by Crippen LogP contribution is 2.46. The van der Waals surface area contributed by atoms with Gasteiger partial charge in [-0.3, -0.25) is 10.1 Å². The average Bonchev–Trinajstić information content (AvgIpc) is 3.10. The largest absolute Gasteiger partial charge is 0.477 e. The van der Waals surface area contributed by atoms with E-state index in [0.29, 0.717) is 17.2 Å². The highest BCUT2D eigenvalue weighted by atomic mass is 32.2. The van der Waals surface area contributed by atoms with Crippen molar-refractivity contribution in [1.82, 2.24) is 15.5 Å². The molecule has 0 aliphatic carbocycles. The van der Waals surface area contributed by atoms with Crippen molar-refractivity contribution >= 4 is 23.6 Å². The second-order valence-corrected chi connectivity index (χ2v) is 10.4. The fourth-order valence-corrected chi connectivity index (χ4v) is 6.95. The molecule has 29 heavy (non-hydrogen) atoms. The fraction of sp³-hybridized carbons (Fsp3) is 0.800. The number of carbonyl (C=O) groups excluding carboxylic acids is 1. The van der Waals surface area contributed by atoms with Crippen LogP contribution in [0.3, 0.4) is 0 Å². The Bertz CT molecular complexity index is 694. The Morgan fingerprint density at radius 2 is 2.07 bits per heavy atom. The van der Waals surface area contributed by atoms with Crippen molar-refractivity contribution in [3.05, 3.63) is 11.8 Å². The highest BCUT2D eigenvalue weighted by Gasteiger charge is 2.57. The summed E-state index contributed by atoms with van der Waals surface area (Å²) < 4.78 is 0. The number of carboxylic acid groups (broad SMARTS) is 1. The zero-order chi connectivity index (χ0) is 20.9. The molecule has 0 saturated carbocycles. The van der Waals surface area contributed by atoms with E-state index >= 15 is 0 Å². The first-order valence-corrected chi connectivity index (χ1v) is 11.5. The van der Waals surface area contributed by atoms with Crippen LogP contribution in [0.25, 0.3) is 0 Å². The van der Waals surface area contributed by atoms with E-state index in [1.54, 1.807) is 24.8 Å². The summed E-state index contributed by atoms with van der Waals surface area (Å²) in [6, 6.07) is 0.149. The number of nitrogens with zero attached hydrogens (tertiary/aromatic N) is 1. The number of aliphatic carboxylic acids is 1. The van der Waals surface area contributed by atoms with Crippen molar-refractivity contribution in [1.29, 1.82) is 0 Å². The predicted molar refractivity (Wildman–Crippen MR) is 109 cm³/mol. The van der Waals surface area contributed by atoms with Gasteiger partial charge in [0.15, 0.2) is 0 Å². The third-order valence-electron chi connectivity index (χ3n) is 7.03. The number of fused-ring (bicyclic) bond motifs is 1. The van der Waals surface area contributed by atoms with Crippen LogP contribution < -0.4 is 10.6 Å². The number of nitrogens with one attached hydrogen (secondary N) is 2. The summed E-state index contributed by atoms with van der Waals surface area (Å²) in [4.78, 5) is 25.5. The number of aliphatic hydroxyl groups excluding tert-OH is 2. The fourth-order valence-electron chi connectivity index (χ4n) is 5.43. The minimum absolute atomic E-state index is 0.00461. The second kappa shape index (κ2) is 8.19. The number of aliphatic hydroxyl groups is 2. The molecule has 0 radical (unpaired) electrons. The third-order valence-corrected chi connectivity index (χ3v) is 8.70. The van der Waals surface area contributed by atoms with Gasteiger partial charge in [0.1, 0.15) is 11.9 Å². The van der Waals surface area contributed by atoms with E-state index in [1.807, 2.05) is 0 Å². The summed E-state index contributed by atoms with van der Waals surface area (Å²) >= 11 is 1.78. The minimum atomic E-state index is -1.08. The molecule has 4 rings (SSSR count). The summed E-state index contributed by atoms with van der Waals surface area (Å²) in [6.45, 7) is 5.35. The Hall–Kier alpha value is -1.13. The maximum Gasteiger partial charge on any atom is 0.352 e. The summed E-state index contributed by atoms with van der Waals surface area (Å²) in [6.07, 6.45) is 3.42. The highest BCUT2D eigenvalue weighted by molar-refractivity contribution is 8.00. The van der Waals surface area contributed by atoms with E-state index in [0.717, 1.165) is 32.4 Å². The smallest absolute Gasteiger partial charge is 0.352 e. The van der Waals surface area contributed by atoms with E-state index < -0.39 is 24.2 Å². The van der Waals surface area contributed by atoms with E-state index in [4.69, 9.17) is 0 Å². The van der Waals surface area contributed by atoms with Crippen molar-refractivity contribution < 1.29 is 24.9 Å². The molecule has 3 saturated heterocycles. The van der Waals surface area contributed by atoms with Gasteiger partial charge >= 0.3 is 5.97 Å². The lowest BCUT2D eigenvalue weighted by molar-refractivity contribution is -0.168. The number of hydrogen-bond donors (Lipinski definition) is 5. The molecule has 9 heteroatoms. The average molecular weight is 426 g/mol. The van der Waals surface area contributed by atoms with Gasteiger partial charge in [-0.25, -0.2) is 4.79 Å². The van der Waals surface area contributed by atoms with Crippen LogP contribution in [0.4, 0.5) is 0 Å². The Kier molecular flexibility index (Phi) is 5.96. The predicted octanol–water partition coefficient (Wildman–Crippen LogP) is -0.0373. The quantitative estimate of drug-likeness (QED) is 0.389. The van der Waals surface area contributed by atoms with Crippen LogP contribution in [0.15, 0.2) is 11.8 Å². The number of β-lactam (4-membered cyclic amide) rings is 1. The molecule has 8 nitrogen and oxygen atoms in total. The Morgan fingerprint density at radius 1 is 1.31 bits per heavy atom. The summed E-state index contributed by atoms with van der Waals surface area (Å²) in [7, 11) is 0. The van der Waals surface area contributed by atoms with E-state index in [9.17, 15) is 24.9 Å². The van der Waals surface area contributed by atoms with Crippen LogP contribution in [0, 0.1) is 17.8 Å². The second-order valence-electron chi connectivity index (χ2n) is 8.92. The molecule has 0 aromatic rings. The molecule has 0 spiro atoms. The van der Waals surface area contributed by atoms with Gasteiger partial charge in [-0.15, -0.1) is 11.8 Å². The van der Waals surface area contributed by atoms with Crippen molar-refractivity contribution in [2.45, 2.75) is 68.0 Å². The minimum Gasteiger partial charge on any atom is -0.477 e. The first kappa shape index (κ1) is 21.1. The van der Waals surface area contributed by atoms with Crippen LogP contribution >= 0.6 is 11.8 Å². The molecule has 5 N–H and O–H groups in total. The number of thioether (sulfide) groups is 1.